The van der Waals surface area contributed by atoms with Crippen molar-refractivity contribution in [2.24, 2.45) is 0 Å². The average Bonchev–Trinajstić information content (AvgIpc) is 2.15. The van der Waals surface area contributed by atoms with Crippen LogP contribution in [0.5, 0.6) is 0 Å². The molecule has 4 heteroatoms. The number of halogens is 1. The van der Waals surface area contributed by atoms with E-state index < -0.39 is 0 Å². The largest absolute Gasteiger partial charge is 0.353 e. The number of nitrogens with zero attached hydrogens (tertiary/aromatic N) is 1. The zero-order chi connectivity index (χ0) is 10.4. The predicted molar refractivity (Wildman–Crippen MR) is 57.0 cm³/mol. The van der Waals surface area contributed by atoms with E-state index in [0.717, 1.165) is 5.56 Å². The summed E-state index contributed by atoms with van der Waals surface area (Å²) in [6, 6.07) is 1.81. The van der Waals surface area contributed by atoms with Crippen LogP contribution in [-0.2, 0) is 4.79 Å². The highest BCUT2D eigenvalue weighted by Crippen LogP contribution is 2.14. The number of carbonyl (C=O) groups excluding carboxylic acids is 1. The van der Waals surface area contributed by atoms with Crippen molar-refractivity contribution in [2.45, 2.75) is 6.92 Å². The van der Waals surface area contributed by atoms with Gasteiger partial charge in [0.25, 0.3) is 0 Å². The summed E-state index contributed by atoms with van der Waals surface area (Å²) in [6.45, 7) is 1.99. The van der Waals surface area contributed by atoms with Crippen molar-refractivity contribution in [3.05, 3.63) is 35.1 Å². The summed E-state index contributed by atoms with van der Waals surface area (Å²) in [7, 11) is 0. The number of nitrogens with one attached hydrogen (secondary N) is 1. The molecule has 0 aromatic carbocycles. The number of carbonyl (C=O) groups is 1. The fourth-order valence-corrected chi connectivity index (χ4v) is 1.09. The summed E-state index contributed by atoms with van der Waals surface area (Å²) in [5.74, 6) is -0.0459. The van der Waals surface area contributed by atoms with E-state index in [0.29, 0.717) is 11.6 Å². The van der Waals surface area contributed by atoms with Gasteiger partial charge in [-0.15, -0.1) is 0 Å². The first-order valence-corrected chi connectivity index (χ1v) is 4.58. The van der Waals surface area contributed by atoms with E-state index in [2.05, 4.69) is 10.3 Å². The van der Waals surface area contributed by atoms with Crippen molar-refractivity contribution < 1.29 is 4.79 Å². The fourth-order valence-electron chi connectivity index (χ4n) is 0.910. The Morgan fingerprint density at radius 2 is 2.50 bits per heavy atom. The Kier molecular flexibility index (Phi) is 4.13. The van der Waals surface area contributed by atoms with Crippen LogP contribution in [-0.4, -0.2) is 17.4 Å². The van der Waals surface area contributed by atoms with Gasteiger partial charge in [-0.25, -0.2) is 0 Å². The first-order valence-electron chi connectivity index (χ1n) is 4.20. The van der Waals surface area contributed by atoms with Crippen LogP contribution in [0.1, 0.15) is 12.5 Å². The quantitative estimate of drug-likeness (QED) is 0.828. The van der Waals surface area contributed by atoms with Crippen molar-refractivity contribution in [2.75, 3.05) is 6.54 Å². The number of aromatic nitrogens is 1. The van der Waals surface area contributed by atoms with Gasteiger partial charge in [-0.1, -0.05) is 23.8 Å². The zero-order valence-corrected chi connectivity index (χ0v) is 8.58. The van der Waals surface area contributed by atoms with Crippen LogP contribution in [0.4, 0.5) is 0 Å². The fraction of sp³-hybridized carbons (Fsp3) is 0.200. The Hall–Kier alpha value is -1.35. The molecular weight excluding hydrogens is 200 g/mol. The second kappa shape index (κ2) is 5.40. The molecule has 0 unspecified atom stereocenters. The van der Waals surface area contributed by atoms with E-state index in [-0.39, 0.29) is 5.91 Å². The molecule has 0 aliphatic heterocycles. The molecule has 0 radical (unpaired) electrons. The molecule has 1 N–H and O–H groups in total. The lowest BCUT2D eigenvalue weighted by atomic mass is 10.2. The summed E-state index contributed by atoms with van der Waals surface area (Å²) in [5.41, 5.74) is 0.895. The van der Waals surface area contributed by atoms with E-state index in [9.17, 15) is 4.79 Å². The Morgan fingerprint density at radius 3 is 3.14 bits per heavy atom. The maximum absolute atomic E-state index is 10.5. The van der Waals surface area contributed by atoms with Gasteiger partial charge in [0.1, 0.15) is 0 Å². The van der Waals surface area contributed by atoms with Gasteiger partial charge in [-0.05, 0) is 11.6 Å². The highest BCUT2D eigenvalue weighted by molar-refractivity contribution is 6.31. The summed E-state index contributed by atoms with van der Waals surface area (Å²) in [4.78, 5) is 14.4. The van der Waals surface area contributed by atoms with Crippen LogP contribution >= 0.6 is 11.6 Å². The third-order valence-corrected chi connectivity index (χ3v) is 1.89. The second-order valence-corrected chi connectivity index (χ2v) is 3.14. The molecule has 0 atom stereocenters. The van der Waals surface area contributed by atoms with Crippen molar-refractivity contribution in [3.63, 3.8) is 0 Å². The molecule has 0 saturated heterocycles. The topological polar surface area (TPSA) is 42.0 Å². The molecule has 14 heavy (non-hydrogen) atoms. The standard InChI is InChI=1S/C10H11ClN2O/c1-8(14)13-5-2-3-9-4-6-12-7-10(9)11/h2-4,6-7H,5H2,1H3,(H,13,14). The minimum absolute atomic E-state index is 0.0459. The van der Waals surface area contributed by atoms with Gasteiger partial charge in [-0.3, -0.25) is 9.78 Å². The van der Waals surface area contributed by atoms with Crippen molar-refractivity contribution in [1.82, 2.24) is 10.3 Å². The van der Waals surface area contributed by atoms with E-state index in [1.807, 2.05) is 18.2 Å². The van der Waals surface area contributed by atoms with E-state index >= 15 is 0 Å². The van der Waals surface area contributed by atoms with Gasteiger partial charge in [-0.2, -0.15) is 0 Å². The second-order valence-electron chi connectivity index (χ2n) is 2.74. The lowest BCUT2D eigenvalue weighted by Gasteiger charge is -1.97. The number of pyridine rings is 1. The van der Waals surface area contributed by atoms with Crippen LogP contribution in [0.3, 0.4) is 0 Å². The maximum Gasteiger partial charge on any atom is 0.217 e. The molecule has 1 amide bonds. The SMILES string of the molecule is CC(=O)NCC=Cc1ccncc1Cl. The van der Waals surface area contributed by atoms with Crippen LogP contribution in [0, 0.1) is 0 Å². The van der Waals surface area contributed by atoms with Crippen LogP contribution < -0.4 is 5.32 Å². The molecule has 0 aliphatic carbocycles. The van der Waals surface area contributed by atoms with Crippen LogP contribution in [0.25, 0.3) is 6.08 Å². The molecule has 0 bridgehead atoms. The molecule has 74 valence electrons. The molecule has 1 aromatic heterocycles. The van der Waals surface area contributed by atoms with Crippen molar-refractivity contribution >= 4 is 23.6 Å². The van der Waals surface area contributed by atoms with Crippen LogP contribution in [0.2, 0.25) is 5.02 Å². The molecule has 1 rings (SSSR count). The van der Waals surface area contributed by atoms with Crippen LogP contribution in [0.15, 0.2) is 24.5 Å². The normalized spacial score (nSPS) is 10.4. The van der Waals surface area contributed by atoms with Gasteiger partial charge in [0.15, 0.2) is 0 Å². The molecule has 1 heterocycles. The average molecular weight is 211 g/mol. The summed E-state index contributed by atoms with van der Waals surface area (Å²) in [6.07, 6.45) is 6.94. The minimum atomic E-state index is -0.0459. The monoisotopic (exact) mass is 210 g/mol. The van der Waals surface area contributed by atoms with E-state index in [4.69, 9.17) is 11.6 Å². The van der Waals surface area contributed by atoms with Gasteiger partial charge in [0.05, 0.1) is 5.02 Å². The first-order chi connectivity index (χ1) is 6.70. The van der Waals surface area contributed by atoms with E-state index in [1.165, 1.54) is 6.92 Å². The molecule has 0 fully saturated rings. The summed E-state index contributed by atoms with van der Waals surface area (Å²) in [5, 5.41) is 3.25. The van der Waals surface area contributed by atoms with Gasteiger partial charge in [0.2, 0.25) is 5.91 Å². The van der Waals surface area contributed by atoms with Crippen molar-refractivity contribution in [1.29, 1.82) is 0 Å². The highest BCUT2D eigenvalue weighted by Gasteiger charge is 1.93. The van der Waals surface area contributed by atoms with E-state index in [1.54, 1.807) is 12.4 Å². The Balaban J connectivity index is 2.52. The Morgan fingerprint density at radius 1 is 1.71 bits per heavy atom. The molecule has 0 saturated carbocycles. The number of amides is 1. The van der Waals surface area contributed by atoms with Gasteiger partial charge in [0, 0.05) is 25.9 Å². The molecule has 1 aromatic rings. The summed E-state index contributed by atoms with van der Waals surface area (Å²) >= 11 is 5.86. The Labute approximate surface area is 87.8 Å². The number of rotatable bonds is 3. The minimum Gasteiger partial charge on any atom is -0.353 e. The van der Waals surface area contributed by atoms with Crippen molar-refractivity contribution in [3.8, 4) is 0 Å². The van der Waals surface area contributed by atoms with Gasteiger partial charge >= 0.3 is 0 Å². The molecule has 3 nitrogen and oxygen atoms in total. The predicted octanol–water partition coefficient (Wildman–Crippen LogP) is 1.88. The molecule has 0 spiro atoms. The zero-order valence-electron chi connectivity index (χ0n) is 7.83. The Bertz CT molecular complexity index is 350. The third kappa shape index (κ3) is 3.58. The molecular formula is C10H11ClN2O. The smallest absolute Gasteiger partial charge is 0.217 e. The lowest BCUT2D eigenvalue weighted by molar-refractivity contribution is -0.118. The lowest BCUT2D eigenvalue weighted by Crippen LogP contribution is -2.19. The number of hydrogen-bond acceptors (Lipinski definition) is 2. The van der Waals surface area contributed by atoms with Gasteiger partial charge < -0.3 is 5.32 Å². The number of hydrogen-bond donors (Lipinski definition) is 1. The molecule has 0 aliphatic rings. The summed E-state index contributed by atoms with van der Waals surface area (Å²) < 4.78 is 0. The maximum atomic E-state index is 10.5. The highest BCUT2D eigenvalue weighted by atomic mass is 35.5. The first kappa shape index (κ1) is 10.7. The third-order valence-electron chi connectivity index (χ3n) is 1.57.